The number of hydrogen-bond acceptors (Lipinski definition) is 4. The summed E-state index contributed by atoms with van der Waals surface area (Å²) in [6.07, 6.45) is -0.265. The Morgan fingerprint density at radius 2 is 1.89 bits per heavy atom. The molecule has 0 bridgehead atoms. The first-order valence-corrected chi connectivity index (χ1v) is 7.76. The molecule has 27 heavy (non-hydrogen) atoms. The summed E-state index contributed by atoms with van der Waals surface area (Å²) in [7, 11) is 0. The molecule has 0 aliphatic carbocycles. The number of amides is 2. The zero-order chi connectivity index (χ0) is 19.7. The van der Waals surface area contributed by atoms with Gasteiger partial charge in [-0.15, -0.1) is 0 Å². The first kappa shape index (κ1) is 18.4. The first-order valence-electron chi connectivity index (χ1n) is 7.76. The van der Waals surface area contributed by atoms with Crippen LogP contribution in [0, 0.1) is 33.5 Å². The lowest BCUT2D eigenvalue weighted by Crippen LogP contribution is -2.29. The van der Waals surface area contributed by atoms with Crippen molar-refractivity contribution in [3.05, 3.63) is 64.0 Å². The van der Waals surface area contributed by atoms with E-state index in [1.807, 2.05) is 0 Å². The van der Waals surface area contributed by atoms with Crippen molar-refractivity contribution in [1.82, 2.24) is 0 Å². The zero-order valence-electron chi connectivity index (χ0n) is 13.6. The second-order valence-electron chi connectivity index (χ2n) is 5.91. The molecule has 0 saturated carbocycles. The van der Waals surface area contributed by atoms with Gasteiger partial charge in [-0.3, -0.25) is 19.7 Å². The number of nitrogens with one attached hydrogen (secondary N) is 1. The van der Waals surface area contributed by atoms with E-state index in [-0.39, 0.29) is 18.7 Å². The van der Waals surface area contributed by atoms with Crippen LogP contribution in [0.5, 0.6) is 0 Å². The van der Waals surface area contributed by atoms with Crippen molar-refractivity contribution in [3.63, 3.8) is 0 Å². The van der Waals surface area contributed by atoms with E-state index in [0.29, 0.717) is 6.07 Å². The molecule has 0 spiro atoms. The highest BCUT2D eigenvalue weighted by Crippen LogP contribution is 2.29. The maximum atomic E-state index is 13.9. The number of hydrogen-bond donors (Lipinski definition) is 1. The molecule has 1 atom stereocenters. The van der Waals surface area contributed by atoms with Crippen molar-refractivity contribution in [2.24, 2.45) is 5.92 Å². The van der Waals surface area contributed by atoms with Gasteiger partial charge in [0.2, 0.25) is 11.8 Å². The van der Waals surface area contributed by atoms with E-state index in [0.717, 1.165) is 35.2 Å². The van der Waals surface area contributed by atoms with Gasteiger partial charge in [0.1, 0.15) is 17.5 Å². The Kier molecular flexibility index (Phi) is 4.80. The van der Waals surface area contributed by atoms with Crippen LogP contribution in [0.3, 0.4) is 0 Å². The predicted octanol–water partition coefficient (Wildman–Crippen LogP) is 3.00. The molecule has 1 saturated heterocycles. The van der Waals surface area contributed by atoms with Gasteiger partial charge in [-0.1, -0.05) is 0 Å². The van der Waals surface area contributed by atoms with E-state index in [9.17, 15) is 32.9 Å². The highest BCUT2D eigenvalue weighted by Gasteiger charge is 2.36. The topological polar surface area (TPSA) is 92.5 Å². The normalized spacial score (nSPS) is 16.5. The van der Waals surface area contributed by atoms with E-state index >= 15 is 0 Å². The van der Waals surface area contributed by atoms with Gasteiger partial charge in [0, 0.05) is 31.2 Å². The summed E-state index contributed by atoms with van der Waals surface area (Å²) in [5.41, 5.74) is -0.976. The SMILES string of the molecule is O=C(Nc1cc([N+](=O)[O-])ccc1F)C1CC(=O)N(c2ccc(F)cc2F)C1. The largest absolute Gasteiger partial charge is 0.323 e. The molecule has 10 heteroatoms. The maximum Gasteiger partial charge on any atom is 0.271 e. The minimum atomic E-state index is -0.950. The van der Waals surface area contributed by atoms with E-state index < -0.39 is 51.5 Å². The molecule has 1 fully saturated rings. The minimum absolute atomic E-state index is 0.168. The highest BCUT2D eigenvalue weighted by molar-refractivity contribution is 6.03. The molecular weight excluding hydrogens is 367 g/mol. The number of rotatable bonds is 4. The Morgan fingerprint density at radius 1 is 1.15 bits per heavy atom. The second-order valence-corrected chi connectivity index (χ2v) is 5.91. The van der Waals surface area contributed by atoms with Crippen molar-refractivity contribution in [1.29, 1.82) is 0 Å². The highest BCUT2D eigenvalue weighted by atomic mass is 19.1. The summed E-state index contributed by atoms with van der Waals surface area (Å²) >= 11 is 0. The van der Waals surface area contributed by atoms with Crippen molar-refractivity contribution in [3.8, 4) is 0 Å². The fraction of sp³-hybridized carbons (Fsp3) is 0.176. The predicted molar refractivity (Wildman–Crippen MR) is 88.5 cm³/mol. The second kappa shape index (κ2) is 7.06. The van der Waals surface area contributed by atoms with Crippen LogP contribution in [-0.2, 0) is 9.59 Å². The van der Waals surface area contributed by atoms with Crippen LogP contribution in [-0.4, -0.2) is 23.3 Å². The first-order chi connectivity index (χ1) is 12.8. The average Bonchev–Trinajstić information content (AvgIpc) is 2.98. The van der Waals surface area contributed by atoms with Gasteiger partial charge in [-0.2, -0.15) is 0 Å². The minimum Gasteiger partial charge on any atom is -0.323 e. The van der Waals surface area contributed by atoms with Crippen LogP contribution in [0.25, 0.3) is 0 Å². The Labute approximate surface area is 150 Å². The van der Waals surface area contributed by atoms with E-state index in [4.69, 9.17) is 0 Å². The number of nitro groups is 1. The zero-order valence-corrected chi connectivity index (χ0v) is 13.6. The number of benzene rings is 2. The third-order valence-electron chi connectivity index (χ3n) is 4.11. The third-order valence-corrected chi connectivity index (χ3v) is 4.11. The standard InChI is InChI=1S/C17H12F3N3O4/c18-10-1-4-15(13(20)6-10)22-8-9(5-16(22)24)17(25)21-14-7-11(23(26)27)2-3-12(14)19/h1-4,6-7,9H,5,8H2,(H,21,25). The van der Waals surface area contributed by atoms with Crippen LogP contribution in [0.2, 0.25) is 0 Å². The van der Waals surface area contributed by atoms with Gasteiger partial charge in [-0.25, -0.2) is 13.2 Å². The molecule has 1 N–H and O–H groups in total. The summed E-state index contributed by atoms with van der Waals surface area (Å²) in [6.45, 7) is -0.191. The molecule has 2 amide bonds. The lowest BCUT2D eigenvalue weighted by Gasteiger charge is -2.17. The van der Waals surface area contributed by atoms with Crippen LogP contribution < -0.4 is 10.2 Å². The number of non-ortho nitro benzene ring substituents is 1. The van der Waals surface area contributed by atoms with Gasteiger partial charge >= 0.3 is 0 Å². The Hall–Kier alpha value is -3.43. The van der Waals surface area contributed by atoms with Crippen LogP contribution in [0.15, 0.2) is 36.4 Å². The average molecular weight is 379 g/mol. The molecule has 0 aromatic heterocycles. The van der Waals surface area contributed by atoms with Crippen LogP contribution >= 0.6 is 0 Å². The fourth-order valence-electron chi connectivity index (χ4n) is 2.77. The van der Waals surface area contributed by atoms with Gasteiger partial charge in [0.25, 0.3) is 5.69 Å². The van der Waals surface area contributed by atoms with E-state index in [1.165, 1.54) is 0 Å². The van der Waals surface area contributed by atoms with Gasteiger partial charge in [0.05, 0.1) is 22.2 Å². The number of anilines is 2. The van der Waals surface area contributed by atoms with Gasteiger partial charge in [-0.05, 0) is 18.2 Å². The number of nitrogens with zero attached hydrogens (tertiary/aromatic N) is 2. The molecule has 7 nitrogen and oxygen atoms in total. The third kappa shape index (κ3) is 3.73. The van der Waals surface area contributed by atoms with Gasteiger partial charge in [0.15, 0.2) is 0 Å². The molecule has 0 radical (unpaired) electrons. The van der Waals surface area contributed by atoms with Crippen LogP contribution in [0.4, 0.5) is 30.2 Å². The summed E-state index contributed by atoms with van der Waals surface area (Å²) in [5.74, 6) is -4.86. The summed E-state index contributed by atoms with van der Waals surface area (Å²) in [5, 5.41) is 13.0. The van der Waals surface area contributed by atoms with E-state index in [1.54, 1.807) is 0 Å². The van der Waals surface area contributed by atoms with Crippen LogP contribution in [0.1, 0.15) is 6.42 Å². The fourth-order valence-corrected chi connectivity index (χ4v) is 2.77. The van der Waals surface area contributed by atoms with Crippen molar-refractivity contribution >= 4 is 28.9 Å². The molecule has 2 aromatic rings. The molecule has 140 valence electrons. The van der Waals surface area contributed by atoms with E-state index in [2.05, 4.69) is 5.32 Å². The molecule has 1 heterocycles. The molecule has 1 aliphatic rings. The van der Waals surface area contributed by atoms with Crippen molar-refractivity contribution < 1.29 is 27.7 Å². The Morgan fingerprint density at radius 3 is 2.56 bits per heavy atom. The smallest absolute Gasteiger partial charge is 0.271 e. The molecule has 1 aliphatic heterocycles. The summed E-state index contributed by atoms with van der Waals surface area (Å²) in [4.78, 5) is 35.5. The van der Waals surface area contributed by atoms with Gasteiger partial charge < -0.3 is 10.2 Å². The Balaban J connectivity index is 1.76. The summed E-state index contributed by atoms with van der Waals surface area (Å²) in [6, 6.07) is 5.34. The summed E-state index contributed by atoms with van der Waals surface area (Å²) < 4.78 is 40.7. The lowest BCUT2D eigenvalue weighted by molar-refractivity contribution is -0.384. The molecular formula is C17H12F3N3O4. The number of nitro benzene ring substituents is 1. The number of halogens is 3. The molecule has 2 aromatic carbocycles. The number of carbonyl (C=O) groups excluding carboxylic acids is 2. The lowest BCUT2D eigenvalue weighted by atomic mass is 10.1. The molecule has 3 rings (SSSR count). The maximum absolute atomic E-state index is 13.9. The quantitative estimate of drug-likeness (QED) is 0.653. The Bertz CT molecular complexity index is 951. The van der Waals surface area contributed by atoms with Crippen molar-refractivity contribution in [2.45, 2.75) is 6.42 Å². The monoisotopic (exact) mass is 379 g/mol. The van der Waals surface area contributed by atoms with Crippen molar-refractivity contribution in [2.75, 3.05) is 16.8 Å². The molecule has 1 unspecified atom stereocenters. The number of carbonyl (C=O) groups is 2.